The number of rotatable bonds is 2. The summed E-state index contributed by atoms with van der Waals surface area (Å²) in [5.41, 5.74) is 1.37. The van der Waals surface area contributed by atoms with E-state index in [4.69, 9.17) is 16.7 Å². The predicted molar refractivity (Wildman–Crippen MR) is 80.1 cm³/mol. The molecule has 0 bridgehead atoms. The highest BCUT2D eigenvalue weighted by molar-refractivity contribution is 9.10. The first-order chi connectivity index (χ1) is 9.31. The molecule has 0 saturated carbocycles. The van der Waals surface area contributed by atoms with Crippen LogP contribution in [0.1, 0.15) is 22.8 Å². The van der Waals surface area contributed by atoms with E-state index in [9.17, 15) is 9.59 Å². The number of hydrogen-bond donors (Lipinski definition) is 1. The van der Waals surface area contributed by atoms with E-state index in [1.165, 1.54) is 0 Å². The van der Waals surface area contributed by atoms with Crippen molar-refractivity contribution in [2.75, 3.05) is 13.1 Å². The van der Waals surface area contributed by atoms with Gasteiger partial charge in [0.2, 0.25) is 0 Å². The van der Waals surface area contributed by atoms with E-state index in [0.29, 0.717) is 17.1 Å². The van der Waals surface area contributed by atoms with Gasteiger partial charge >= 0.3 is 5.97 Å². The standard InChI is InChI=1S/C14H15BrClNO3/c1-7-3-9(4-11(16)12(7)15)13(18)17-5-8(2)10(6-17)14(19)20/h3-4,8,10H,5-6H2,1-2H3,(H,19,20)/t8-,10-/m1/s1. The first kappa shape index (κ1) is 15.3. The Balaban J connectivity index is 2.23. The van der Waals surface area contributed by atoms with Crippen LogP contribution in [-0.4, -0.2) is 35.0 Å². The van der Waals surface area contributed by atoms with E-state index in [-0.39, 0.29) is 18.4 Å². The van der Waals surface area contributed by atoms with Crippen LogP contribution >= 0.6 is 27.5 Å². The van der Waals surface area contributed by atoms with Gasteiger partial charge in [-0.1, -0.05) is 18.5 Å². The largest absolute Gasteiger partial charge is 0.481 e. The maximum Gasteiger partial charge on any atom is 0.308 e. The van der Waals surface area contributed by atoms with Crippen molar-refractivity contribution in [3.8, 4) is 0 Å². The Kier molecular flexibility index (Phi) is 4.39. The third-order valence-electron chi connectivity index (χ3n) is 3.67. The number of benzene rings is 1. The van der Waals surface area contributed by atoms with Crippen molar-refractivity contribution in [2.24, 2.45) is 11.8 Å². The molecule has 2 atom stereocenters. The van der Waals surface area contributed by atoms with Crippen LogP contribution in [0.25, 0.3) is 0 Å². The molecular formula is C14H15BrClNO3. The lowest BCUT2D eigenvalue weighted by Crippen LogP contribution is -2.30. The van der Waals surface area contributed by atoms with Crippen molar-refractivity contribution in [3.63, 3.8) is 0 Å². The SMILES string of the molecule is Cc1cc(C(=O)N2C[C@@H](C)[C@H](C(=O)O)C2)cc(Cl)c1Br. The summed E-state index contributed by atoms with van der Waals surface area (Å²) < 4.78 is 0.772. The molecule has 4 nitrogen and oxygen atoms in total. The lowest BCUT2D eigenvalue weighted by molar-refractivity contribution is -0.142. The molecule has 1 aliphatic rings. The predicted octanol–water partition coefficient (Wildman–Crippen LogP) is 3.20. The monoisotopic (exact) mass is 359 g/mol. The minimum atomic E-state index is -0.849. The van der Waals surface area contributed by atoms with Gasteiger partial charge in [-0.3, -0.25) is 9.59 Å². The summed E-state index contributed by atoms with van der Waals surface area (Å²) in [6.45, 7) is 4.43. The van der Waals surface area contributed by atoms with E-state index < -0.39 is 11.9 Å². The van der Waals surface area contributed by atoms with E-state index in [2.05, 4.69) is 15.9 Å². The smallest absolute Gasteiger partial charge is 0.308 e. The molecule has 20 heavy (non-hydrogen) atoms. The number of carbonyl (C=O) groups excluding carboxylic acids is 1. The Morgan fingerprint density at radius 3 is 2.55 bits per heavy atom. The molecule has 0 spiro atoms. The molecule has 6 heteroatoms. The van der Waals surface area contributed by atoms with Gasteiger partial charge in [0.25, 0.3) is 5.91 Å². The molecule has 1 aliphatic heterocycles. The van der Waals surface area contributed by atoms with Gasteiger partial charge in [-0.05, 0) is 46.5 Å². The molecular weight excluding hydrogens is 346 g/mol. The highest BCUT2D eigenvalue weighted by Gasteiger charge is 2.37. The molecule has 2 rings (SSSR count). The first-order valence-electron chi connectivity index (χ1n) is 6.29. The number of aryl methyl sites for hydroxylation is 1. The first-order valence-corrected chi connectivity index (χ1v) is 7.46. The normalized spacial score (nSPS) is 22.1. The van der Waals surface area contributed by atoms with Crippen LogP contribution in [0.2, 0.25) is 5.02 Å². The number of aliphatic carboxylic acids is 1. The van der Waals surface area contributed by atoms with Crippen molar-refractivity contribution >= 4 is 39.4 Å². The van der Waals surface area contributed by atoms with Crippen molar-refractivity contribution in [3.05, 3.63) is 32.8 Å². The number of hydrogen-bond acceptors (Lipinski definition) is 2. The minimum Gasteiger partial charge on any atom is -0.481 e. The van der Waals surface area contributed by atoms with Gasteiger partial charge in [-0.15, -0.1) is 0 Å². The third-order valence-corrected chi connectivity index (χ3v) is 5.25. The summed E-state index contributed by atoms with van der Waals surface area (Å²) >= 11 is 9.42. The molecule has 0 radical (unpaired) electrons. The number of carboxylic acids is 1. The number of nitrogens with zero attached hydrogens (tertiary/aromatic N) is 1. The fraction of sp³-hybridized carbons (Fsp3) is 0.429. The van der Waals surface area contributed by atoms with Crippen LogP contribution < -0.4 is 0 Å². The van der Waals surface area contributed by atoms with Gasteiger partial charge in [0.05, 0.1) is 10.9 Å². The lowest BCUT2D eigenvalue weighted by atomic mass is 9.99. The summed E-state index contributed by atoms with van der Waals surface area (Å²) in [7, 11) is 0. The summed E-state index contributed by atoms with van der Waals surface area (Å²) in [5, 5.41) is 9.59. The minimum absolute atomic E-state index is 0.0385. The Morgan fingerprint density at radius 1 is 1.40 bits per heavy atom. The second kappa shape index (κ2) is 5.74. The number of amides is 1. The van der Waals surface area contributed by atoms with Crippen molar-refractivity contribution in [1.29, 1.82) is 0 Å². The van der Waals surface area contributed by atoms with E-state index in [1.807, 2.05) is 13.8 Å². The summed E-state index contributed by atoms with van der Waals surface area (Å²) in [6, 6.07) is 3.37. The quantitative estimate of drug-likeness (QED) is 0.881. The van der Waals surface area contributed by atoms with Crippen molar-refractivity contribution in [1.82, 2.24) is 4.90 Å². The molecule has 108 valence electrons. The van der Waals surface area contributed by atoms with Crippen molar-refractivity contribution < 1.29 is 14.7 Å². The molecule has 1 N–H and O–H groups in total. The molecule has 1 amide bonds. The Hall–Kier alpha value is -1.07. The topological polar surface area (TPSA) is 57.6 Å². The molecule has 1 aromatic carbocycles. The highest BCUT2D eigenvalue weighted by Crippen LogP contribution is 2.30. The molecule has 0 aliphatic carbocycles. The van der Waals surface area contributed by atoms with Gasteiger partial charge < -0.3 is 10.0 Å². The molecule has 1 heterocycles. The number of carboxylic acid groups (broad SMARTS) is 1. The third kappa shape index (κ3) is 2.83. The maximum absolute atomic E-state index is 12.4. The average Bonchev–Trinajstić information content (AvgIpc) is 2.76. The summed E-state index contributed by atoms with van der Waals surface area (Å²) in [5.74, 6) is -1.55. The van der Waals surface area contributed by atoms with Crippen LogP contribution in [0.4, 0.5) is 0 Å². The molecule has 0 aromatic heterocycles. The lowest BCUT2D eigenvalue weighted by Gasteiger charge is -2.17. The van der Waals surface area contributed by atoms with Crippen LogP contribution in [-0.2, 0) is 4.79 Å². The molecule has 1 saturated heterocycles. The number of halogens is 2. The second-order valence-corrected chi connectivity index (χ2v) is 6.42. The number of likely N-dealkylation sites (tertiary alicyclic amines) is 1. The second-order valence-electron chi connectivity index (χ2n) is 5.22. The van der Waals surface area contributed by atoms with Gasteiger partial charge in [-0.25, -0.2) is 0 Å². The van der Waals surface area contributed by atoms with Gasteiger partial charge in [-0.2, -0.15) is 0 Å². The average molecular weight is 361 g/mol. The molecule has 1 fully saturated rings. The van der Waals surface area contributed by atoms with E-state index >= 15 is 0 Å². The highest BCUT2D eigenvalue weighted by atomic mass is 79.9. The van der Waals surface area contributed by atoms with Gasteiger partial charge in [0.15, 0.2) is 0 Å². The molecule has 0 unspecified atom stereocenters. The fourth-order valence-electron chi connectivity index (χ4n) is 2.49. The van der Waals surface area contributed by atoms with Crippen LogP contribution in [0.5, 0.6) is 0 Å². The van der Waals surface area contributed by atoms with Crippen LogP contribution in [0.15, 0.2) is 16.6 Å². The Labute approximate surface area is 130 Å². The molecule has 1 aromatic rings. The van der Waals surface area contributed by atoms with Crippen molar-refractivity contribution in [2.45, 2.75) is 13.8 Å². The van der Waals surface area contributed by atoms with Gasteiger partial charge in [0.1, 0.15) is 0 Å². The van der Waals surface area contributed by atoms with E-state index in [0.717, 1.165) is 10.0 Å². The van der Waals surface area contributed by atoms with Crippen LogP contribution in [0.3, 0.4) is 0 Å². The summed E-state index contributed by atoms with van der Waals surface area (Å²) in [4.78, 5) is 25.1. The van der Waals surface area contributed by atoms with Crippen LogP contribution in [0, 0.1) is 18.8 Å². The fourth-order valence-corrected chi connectivity index (χ4v) is 2.98. The zero-order valence-corrected chi connectivity index (χ0v) is 13.5. The maximum atomic E-state index is 12.4. The Morgan fingerprint density at radius 2 is 2.05 bits per heavy atom. The Bertz CT molecular complexity index is 553. The van der Waals surface area contributed by atoms with E-state index in [1.54, 1.807) is 17.0 Å². The summed E-state index contributed by atoms with van der Waals surface area (Å²) in [6.07, 6.45) is 0. The zero-order valence-electron chi connectivity index (χ0n) is 11.2. The zero-order chi connectivity index (χ0) is 15.0. The van der Waals surface area contributed by atoms with Gasteiger partial charge in [0, 0.05) is 23.1 Å². The number of carbonyl (C=O) groups is 2.